The third-order valence-corrected chi connectivity index (χ3v) is 3.73. The number of imidazole rings is 1. The van der Waals surface area contributed by atoms with Gasteiger partial charge in [-0.2, -0.15) is 0 Å². The summed E-state index contributed by atoms with van der Waals surface area (Å²) in [6.45, 7) is 4.43. The second-order valence-electron chi connectivity index (χ2n) is 5.01. The summed E-state index contributed by atoms with van der Waals surface area (Å²) >= 11 is 0. The van der Waals surface area contributed by atoms with E-state index >= 15 is 0 Å². The number of hydrogen-bond donors (Lipinski definition) is 0. The summed E-state index contributed by atoms with van der Waals surface area (Å²) in [6, 6.07) is 9.08. The highest BCUT2D eigenvalue weighted by Gasteiger charge is 2.18. The van der Waals surface area contributed by atoms with Gasteiger partial charge >= 0.3 is 0 Å². The van der Waals surface area contributed by atoms with Crippen LogP contribution in [0.3, 0.4) is 0 Å². The van der Waals surface area contributed by atoms with Crippen molar-refractivity contribution in [1.29, 1.82) is 0 Å². The van der Waals surface area contributed by atoms with Crippen molar-refractivity contribution >= 4 is 0 Å². The van der Waals surface area contributed by atoms with Gasteiger partial charge in [-0.15, -0.1) is 0 Å². The summed E-state index contributed by atoms with van der Waals surface area (Å²) in [5.74, 6) is 1.25. The maximum Gasteiger partial charge on any atom is 0.109 e. The summed E-state index contributed by atoms with van der Waals surface area (Å²) in [5.41, 5.74) is 3.70. The predicted octanol–water partition coefficient (Wildman–Crippen LogP) is 3.76. The van der Waals surface area contributed by atoms with E-state index in [2.05, 4.69) is 48.9 Å². The summed E-state index contributed by atoms with van der Waals surface area (Å²) in [7, 11) is 0. The number of benzene rings is 1. The lowest BCUT2D eigenvalue weighted by atomic mass is 10.1. The largest absolute Gasteiger partial charge is 0.331 e. The first-order chi connectivity index (χ1) is 8.25. The lowest BCUT2D eigenvalue weighted by Crippen LogP contribution is -2.14. The fraction of sp³-hybridized carbons (Fsp3) is 0.400. The first kappa shape index (κ1) is 10.6. The normalized spacial score (nSPS) is 19.1. The molecule has 1 aromatic carbocycles. The molecule has 1 aliphatic rings. The Morgan fingerprint density at radius 2 is 2.12 bits per heavy atom. The van der Waals surface area contributed by atoms with Crippen LogP contribution in [-0.2, 0) is 6.42 Å². The fourth-order valence-electron chi connectivity index (χ4n) is 2.68. The molecule has 0 N–H and O–H groups in total. The second kappa shape index (κ2) is 4.02. The molecule has 0 saturated heterocycles. The zero-order valence-electron chi connectivity index (χ0n) is 10.5. The van der Waals surface area contributed by atoms with Gasteiger partial charge in [0.25, 0.3) is 0 Å². The molecule has 0 bridgehead atoms. The SMILES string of the molecule is Cc1ccccc1-c1cn2c(n1)CCC[C@@H]2C. The van der Waals surface area contributed by atoms with Crippen molar-refractivity contribution in [3.63, 3.8) is 0 Å². The molecule has 2 heterocycles. The number of rotatable bonds is 1. The fourth-order valence-corrected chi connectivity index (χ4v) is 2.68. The molecule has 2 heteroatoms. The maximum atomic E-state index is 4.80. The summed E-state index contributed by atoms with van der Waals surface area (Å²) in [5, 5.41) is 0. The third-order valence-electron chi connectivity index (χ3n) is 3.73. The summed E-state index contributed by atoms with van der Waals surface area (Å²) in [6.07, 6.45) is 5.89. The predicted molar refractivity (Wildman–Crippen MR) is 70.0 cm³/mol. The van der Waals surface area contributed by atoms with E-state index in [9.17, 15) is 0 Å². The van der Waals surface area contributed by atoms with E-state index in [4.69, 9.17) is 4.98 Å². The molecule has 1 aromatic heterocycles. The first-order valence-corrected chi connectivity index (χ1v) is 6.39. The molecular weight excluding hydrogens is 208 g/mol. The van der Waals surface area contributed by atoms with Crippen LogP contribution < -0.4 is 0 Å². The molecule has 0 unspecified atom stereocenters. The van der Waals surface area contributed by atoms with Gasteiger partial charge < -0.3 is 4.57 Å². The molecule has 1 aliphatic heterocycles. The molecule has 3 rings (SSSR count). The Bertz CT molecular complexity index is 540. The van der Waals surface area contributed by atoms with Crippen LogP contribution >= 0.6 is 0 Å². The van der Waals surface area contributed by atoms with Crippen molar-refractivity contribution in [3.8, 4) is 11.3 Å². The van der Waals surface area contributed by atoms with Crippen LogP contribution in [0.25, 0.3) is 11.3 Å². The van der Waals surface area contributed by atoms with Crippen LogP contribution in [-0.4, -0.2) is 9.55 Å². The molecule has 0 saturated carbocycles. The van der Waals surface area contributed by atoms with Crippen LogP contribution in [0.4, 0.5) is 0 Å². The Kier molecular flexibility index (Phi) is 2.50. The van der Waals surface area contributed by atoms with Gasteiger partial charge in [-0.25, -0.2) is 4.98 Å². The van der Waals surface area contributed by atoms with Gasteiger partial charge in [0.2, 0.25) is 0 Å². The van der Waals surface area contributed by atoms with Crippen LogP contribution in [0.15, 0.2) is 30.5 Å². The molecule has 0 aliphatic carbocycles. The molecule has 0 spiro atoms. The number of aromatic nitrogens is 2. The molecule has 0 amide bonds. The molecule has 0 radical (unpaired) electrons. The molecule has 2 nitrogen and oxygen atoms in total. The van der Waals surface area contributed by atoms with Gasteiger partial charge in [-0.3, -0.25) is 0 Å². The smallest absolute Gasteiger partial charge is 0.109 e. The van der Waals surface area contributed by atoms with Crippen molar-refractivity contribution < 1.29 is 0 Å². The van der Waals surface area contributed by atoms with Crippen molar-refractivity contribution in [2.45, 2.75) is 39.2 Å². The van der Waals surface area contributed by atoms with Crippen LogP contribution in [0.1, 0.15) is 37.2 Å². The van der Waals surface area contributed by atoms with Crippen LogP contribution in [0.5, 0.6) is 0 Å². The highest BCUT2D eigenvalue weighted by atomic mass is 15.1. The number of hydrogen-bond acceptors (Lipinski definition) is 1. The topological polar surface area (TPSA) is 17.8 Å². The average molecular weight is 226 g/mol. The molecule has 88 valence electrons. The average Bonchev–Trinajstić information content (AvgIpc) is 2.75. The van der Waals surface area contributed by atoms with Crippen molar-refractivity contribution in [1.82, 2.24) is 9.55 Å². The molecule has 2 aromatic rings. The van der Waals surface area contributed by atoms with Gasteiger partial charge in [0.1, 0.15) is 5.82 Å². The van der Waals surface area contributed by atoms with Crippen molar-refractivity contribution in [3.05, 3.63) is 41.9 Å². The second-order valence-corrected chi connectivity index (χ2v) is 5.01. The van der Waals surface area contributed by atoms with E-state index in [1.807, 2.05) is 0 Å². The molecule has 1 atom stereocenters. The van der Waals surface area contributed by atoms with Crippen molar-refractivity contribution in [2.24, 2.45) is 0 Å². The summed E-state index contributed by atoms with van der Waals surface area (Å²) < 4.78 is 2.35. The van der Waals surface area contributed by atoms with Gasteiger partial charge in [0, 0.05) is 24.2 Å². The monoisotopic (exact) mass is 226 g/mol. The van der Waals surface area contributed by atoms with Gasteiger partial charge in [0.05, 0.1) is 5.69 Å². The Balaban J connectivity index is 2.08. The number of fused-ring (bicyclic) bond motifs is 1. The van der Waals surface area contributed by atoms with Crippen LogP contribution in [0, 0.1) is 6.92 Å². The Morgan fingerprint density at radius 1 is 1.29 bits per heavy atom. The zero-order valence-corrected chi connectivity index (χ0v) is 10.5. The zero-order chi connectivity index (χ0) is 11.8. The minimum atomic E-state index is 0.601. The lowest BCUT2D eigenvalue weighted by molar-refractivity contribution is 0.426. The molecule has 17 heavy (non-hydrogen) atoms. The van der Waals surface area contributed by atoms with E-state index in [0.717, 1.165) is 12.1 Å². The quantitative estimate of drug-likeness (QED) is 0.724. The standard InChI is InChI=1S/C15H18N2/c1-11-6-3-4-8-13(11)14-10-17-12(2)7-5-9-15(17)16-14/h3-4,6,8,10,12H,5,7,9H2,1-2H3/t12-/m0/s1. The maximum absolute atomic E-state index is 4.80. The Morgan fingerprint density at radius 3 is 2.88 bits per heavy atom. The number of aryl methyl sites for hydroxylation is 2. The lowest BCUT2D eigenvalue weighted by Gasteiger charge is -2.20. The molecule has 0 fully saturated rings. The molecular formula is C15H18N2. The van der Waals surface area contributed by atoms with Crippen LogP contribution in [0.2, 0.25) is 0 Å². The highest BCUT2D eigenvalue weighted by molar-refractivity contribution is 5.63. The van der Waals surface area contributed by atoms with Gasteiger partial charge in [0.15, 0.2) is 0 Å². The van der Waals surface area contributed by atoms with E-state index in [-0.39, 0.29) is 0 Å². The minimum absolute atomic E-state index is 0.601. The van der Waals surface area contributed by atoms with E-state index in [0.29, 0.717) is 6.04 Å². The highest BCUT2D eigenvalue weighted by Crippen LogP contribution is 2.29. The Labute approximate surface area is 102 Å². The minimum Gasteiger partial charge on any atom is -0.331 e. The van der Waals surface area contributed by atoms with E-state index in [1.165, 1.54) is 29.8 Å². The van der Waals surface area contributed by atoms with Crippen molar-refractivity contribution in [2.75, 3.05) is 0 Å². The van der Waals surface area contributed by atoms with E-state index < -0.39 is 0 Å². The third kappa shape index (κ3) is 1.78. The Hall–Kier alpha value is -1.57. The number of nitrogens with zero attached hydrogens (tertiary/aromatic N) is 2. The summed E-state index contributed by atoms with van der Waals surface area (Å²) in [4.78, 5) is 4.80. The first-order valence-electron chi connectivity index (χ1n) is 6.39. The van der Waals surface area contributed by atoms with Gasteiger partial charge in [-0.05, 0) is 32.3 Å². The van der Waals surface area contributed by atoms with Gasteiger partial charge in [-0.1, -0.05) is 24.3 Å². The van der Waals surface area contributed by atoms with E-state index in [1.54, 1.807) is 0 Å².